The molecule has 5 aromatic rings. The van der Waals surface area contributed by atoms with Gasteiger partial charge < -0.3 is 9.32 Å². The Hall–Kier alpha value is -4.30. The SMILES string of the molecule is Cc1ccccc1CN1CCN(C(=O)c2cc(-c3cccnc3)nc3c2cnn3Cc2ccco2)CC1. The summed E-state index contributed by atoms with van der Waals surface area (Å²) in [5, 5.41) is 5.30. The highest BCUT2D eigenvalue weighted by molar-refractivity contribution is 6.06. The van der Waals surface area contributed by atoms with Crippen LogP contribution in [0.25, 0.3) is 22.3 Å². The molecule has 1 aliphatic rings. The molecular weight excluding hydrogens is 464 g/mol. The molecule has 5 heterocycles. The predicted octanol–water partition coefficient (Wildman–Crippen LogP) is 4.40. The molecule has 1 fully saturated rings. The number of nitrogens with zero attached hydrogens (tertiary/aromatic N) is 6. The third-order valence-corrected chi connectivity index (χ3v) is 7.00. The number of hydrogen-bond donors (Lipinski definition) is 0. The third kappa shape index (κ3) is 4.75. The minimum absolute atomic E-state index is 0.00521. The molecule has 6 rings (SSSR count). The standard InChI is InChI=1S/C29H28N6O2/c1-21-6-2-3-7-23(21)19-33-11-13-34(14-12-33)29(36)25-16-27(22-8-4-10-30-17-22)32-28-26(25)18-31-35(28)20-24-9-5-15-37-24/h2-10,15-18H,11-14,19-20H2,1H3. The number of piperazine rings is 1. The molecular formula is C29H28N6O2. The lowest BCUT2D eigenvalue weighted by molar-refractivity contribution is 0.0630. The van der Waals surface area contributed by atoms with E-state index in [1.807, 2.05) is 35.2 Å². The van der Waals surface area contributed by atoms with Crippen molar-refractivity contribution in [2.24, 2.45) is 0 Å². The van der Waals surface area contributed by atoms with Crippen molar-refractivity contribution in [1.29, 1.82) is 0 Å². The number of rotatable bonds is 6. The molecule has 4 aromatic heterocycles. The van der Waals surface area contributed by atoms with Crippen LogP contribution in [0.4, 0.5) is 0 Å². The third-order valence-electron chi connectivity index (χ3n) is 7.00. The maximum Gasteiger partial charge on any atom is 0.254 e. The lowest BCUT2D eigenvalue weighted by atomic mass is 10.1. The number of pyridine rings is 2. The number of benzene rings is 1. The first-order valence-electron chi connectivity index (χ1n) is 12.5. The van der Waals surface area contributed by atoms with Gasteiger partial charge in [-0.3, -0.25) is 14.7 Å². The Kier molecular flexibility index (Phi) is 6.24. The van der Waals surface area contributed by atoms with Gasteiger partial charge in [0, 0.05) is 50.7 Å². The second-order valence-corrected chi connectivity index (χ2v) is 9.41. The van der Waals surface area contributed by atoms with Crippen molar-refractivity contribution in [3.8, 4) is 11.3 Å². The first kappa shape index (κ1) is 23.1. The van der Waals surface area contributed by atoms with Gasteiger partial charge in [-0.15, -0.1) is 0 Å². The highest BCUT2D eigenvalue weighted by Gasteiger charge is 2.26. The minimum Gasteiger partial charge on any atom is -0.467 e. The molecule has 186 valence electrons. The summed E-state index contributed by atoms with van der Waals surface area (Å²) in [4.78, 5) is 27.3. The highest BCUT2D eigenvalue weighted by atomic mass is 16.3. The van der Waals surface area contributed by atoms with E-state index in [1.54, 1.807) is 29.5 Å². The van der Waals surface area contributed by atoms with Crippen molar-refractivity contribution >= 4 is 16.9 Å². The van der Waals surface area contributed by atoms with Crippen LogP contribution in [-0.4, -0.2) is 61.6 Å². The van der Waals surface area contributed by atoms with Crippen LogP contribution in [0.1, 0.15) is 27.2 Å². The summed E-state index contributed by atoms with van der Waals surface area (Å²) in [6.07, 6.45) is 6.87. The predicted molar refractivity (Wildman–Crippen MR) is 141 cm³/mol. The Morgan fingerprint density at radius 1 is 0.973 bits per heavy atom. The fourth-order valence-electron chi connectivity index (χ4n) is 4.86. The molecule has 1 aliphatic heterocycles. The summed E-state index contributed by atoms with van der Waals surface area (Å²) in [7, 11) is 0. The maximum atomic E-state index is 13.9. The van der Waals surface area contributed by atoms with Crippen LogP contribution in [0.3, 0.4) is 0 Å². The topological polar surface area (TPSA) is 80.3 Å². The summed E-state index contributed by atoms with van der Waals surface area (Å²) in [6, 6.07) is 17.9. The lowest BCUT2D eigenvalue weighted by Gasteiger charge is -2.35. The van der Waals surface area contributed by atoms with E-state index < -0.39 is 0 Å². The quantitative estimate of drug-likeness (QED) is 0.350. The molecule has 0 unspecified atom stereocenters. The Labute approximate surface area is 215 Å². The molecule has 37 heavy (non-hydrogen) atoms. The van der Waals surface area contributed by atoms with Gasteiger partial charge in [-0.2, -0.15) is 5.10 Å². The monoisotopic (exact) mass is 492 g/mol. The molecule has 8 nitrogen and oxygen atoms in total. The molecule has 0 saturated carbocycles. The summed E-state index contributed by atoms with van der Waals surface area (Å²) < 4.78 is 7.31. The zero-order chi connectivity index (χ0) is 25.2. The van der Waals surface area contributed by atoms with Gasteiger partial charge in [-0.05, 0) is 48.4 Å². The fourth-order valence-corrected chi connectivity index (χ4v) is 4.86. The summed E-state index contributed by atoms with van der Waals surface area (Å²) >= 11 is 0. The van der Waals surface area contributed by atoms with Crippen molar-refractivity contribution < 1.29 is 9.21 Å². The first-order chi connectivity index (χ1) is 18.2. The Bertz CT molecular complexity index is 1520. The van der Waals surface area contributed by atoms with Crippen LogP contribution >= 0.6 is 0 Å². The van der Waals surface area contributed by atoms with Crippen molar-refractivity contribution in [2.75, 3.05) is 26.2 Å². The zero-order valence-corrected chi connectivity index (χ0v) is 20.7. The largest absolute Gasteiger partial charge is 0.467 e. The summed E-state index contributed by atoms with van der Waals surface area (Å²) in [5.41, 5.74) is 5.45. The fraction of sp³-hybridized carbons (Fsp3) is 0.241. The van der Waals surface area contributed by atoms with Gasteiger partial charge in [0.2, 0.25) is 0 Å². The van der Waals surface area contributed by atoms with Gasteiger partial charge in [0.05, 0.1) is 29.1 Å². The molecule has 1 saturated heterocycles. The lowest BCUT2D eigenvalue weighted by Crippen LogP contribution is -2.48. The van der Waals surface area contributed by atoms with Gasteiger partial charge in [-0.1, -0.05) is 24.3 Å². The molecule has 1 aromatic carbocycles. The molecule has 1 amide bonds. The highest BCUT2D eigenvalue weighted by Crippen LogP contribution is 2.26. The molecule has 0 bridgehead atoms. The number of hydrogen-bond acceptors (Lipinski definition) is 6. The van der Waals surface area contributed by atoms with Crippen LogP contribution in [0.15, 0.2) is 83.9 Å². The van der Waals surface area contributed by atoms with E-state index in [4.69, 9.17) is 9.40 Å². The van der Waals surface area contributed by atoms with E-state index >= 15 is 0 Å². The number of fused-ring (bicyclic) bond motifs is 1. The van der Waals surface area contributed by atoms with Crippen LogP contribution in [-0.2, 0) is 13.1 Å². The van der Waals surface area contributed by atoms with Crippen molar-refractivity contribution in [2.45, 2.75) is 20.0 Å². The van der Waals surface area contributed by atoms with Crippen molar-refractivity contribution in [1.82, 2.24) is 29.5 Å². The van der Waals surface area contributed by atoms with E-state index in [2.05, 4.69) is 46.2 Å². The van der Waals surface area contributed by atoms with Gasteiger partial charge in [0.15, 0.2) is 5.65 Å². The number of carbonyl (C=O) groups is 1. The van der Waals surface area contributed by atoms with Gasteiger partial charge in [-0.25, -0.2) is 9.67 Å². The average molecular weight is 493 g/mol. The zero-order valence-electron chi connectivity index (χ0n) is 20.7. The van der Waals surface area contributed by atoms with E-state index in [0.29, 0.717) is 36.5 Å². The second-order valence-electron chi connectivity index (χ2n) is 9.41. The number of furan rings is 1. The molecule has 0 aliphatic carbocycles. The number of carbonyl (C=O) groups excluding carboxylic acids is 1. The van der Waals surface area contributed by atoms with E-state index in [9.17, 15) is 4.79 Å². The van der Waals surface area contributed by atoms with E-state index in [1.165, 1.54) is 11.1 Å². The maximum absolute atomic E-state index is 13.9. The normalized spacial score (nSPS) is 14.4. The van der Waals surface area contributed by atoms with Crippen molar-refractivity contribution in [3.05, 3.63) is 102 Å². The second kappa shape index (κ2) is 9.99. The van der Waals surface area contributed by atoms with Crippen LogP contribution in [0.5, 0.6) is 0 Å². The van der Waals surface area contributed by atoms with Gasteiger partial charge in [0.25, 0.3) is 5.91 Å². The van der Waals surface area contributed by atoms with Crippen LogP contribution in [0, 0.1) is 6.92 Å². The molecule has 0 atom stereocenters. The van der Waals surface area contributed by atoms with Crippen molar-refractivity contribution in [3.63, 3.8) is 0 Å². The smallest absolute Gasteiger partial charge is 0.254 e. The Balaban J connectivity index is 1.28. The minimum atomic E-state index is 0.00521. The first-order valence-corrected chi connectivity index (χ1v) is 12.5. The molecule has 0 N–H and O–H groups in total. The van der Waals surface area contributed by atoms with Crippen LogP contribution in [0.2, 0.25) is 0 Å². The van der Waals surface area contributed by atoms with E-state index in [0.717, 1.165) is 36.3 Å². The molecule has 8 heteroatoms. The average Bonchev–Trinajstić information content (AvgIpc) is 3.60. The Morgan fingerprint density at radius 2 is 1.84 bits per heavy atom. The Morgan fingerprint density at radius 3 is 2.59 bits per heavy atom. The summed E-state index contributed by atoms with van der Waals surface area (Å²) in [5.74, 6) is 0.780. The number of aryl methyl sites for hydroxylation is 1. The number of amides is 1. The van der Waals surface area contributed by atoms with E-state index in [-0.39, 0.29) is 5.91 Å². The number of aromatic nitrogens is 4. The molecule has 0 radical (unpaired) electrons. The molecule has 0 spiro atoms. The summed E-state index contributed by atoms with van der Waals surface area (Å²) in [6.45, 7) is 6.51. The van der Waals surface area contributed by atoms with Gasteiger partial charge in [0.1, 0.15) is 12.3 Å². The van der Waals surface area contributed by atoms with Crippen LogP contribution < -0.4 is 0 Å². The van der Waals surface area contributed by atoms with Gasteiger partial charge >= 0.3 is 0 Å².